The highest BCUT2D eigenvalue weighted by atomic mass is 35.5. The van der Waals surface area contributed by atoms with Crippen LogP contribution in [-0.4, -0.2) is 33.4 Å². The molecular weight excluding hydrogens is 284 g/mol. The lowest BCUT2D eigenvalue weighted by Crippen LogP contribution is -2.28. The van der Waals surface area contributed by atoms with Crippen molar-refractivity contribution in [2.24, 2.45) is 0 Å². The topological polar surface area (TPSA) is 49.4 Å². The van der Waals surface area contributed by atoms with Crippen molar-refractivity contribution in [1.29, 1.82) is 0 Å². The van der Waals surface area contributed by atoms with Gasteiger partial charge in [-0.15, -0.1) is 0 Å². The number of hydrogen-bond donors (Lipinski definition) is 1. The molecule has 1 N–H and O–H groups in total. The lowest BCUT2D eigenvalue weighted by Gasteiger charge is -2.17. The minimum Gasteiger partial charge on any atom is -0.316 e. The van der Waals surface area contributed by atoms with Crippen LogP contribution in [0.25, 0.3) is 0 Å². The summed E-state index contributed by atoms with van der Waals surface area (Å²) in [7, 11) is -0.0204. The molecule has 0 aliphatic carbocycles. The second kappa shape index (κ2) is 7.24. The van der Waals surface area contributed by atoms with Crippen LogP contribution in [0, 0.1) is 0 Å². The van der Waals surface area contributed by atoms with Gasteiger partial charge >= 0.3 is 0 Å². The van der Waals surface area contributed by atoms with Crippen LogP contribution in [0.1, 0.15) is 25.3 Å². The molecule has 6 heteroatoms. The van der Waals surface area contributed by atoms with Crippen LogP contribution in [-0.2, 0) is 16.6 Å². The number of sulfonamides is 1. The Morgan fingerprint density at radius 2 is 2.05 bits per heavy atom. The lowest BCUT2D eigenvalue weighted by molar-refractivity contribution is 0.459. The summed E-state index contributed by atoms with van der Waals surface area (Å²) in [5, 5.41) is 3.46. The van der Waals surface area contributed by atoms with E-state index in [0.717, 1.165) is 18.4 Å². The third-order valence-corrected chi connectivity index (χ3v) is 5.13. The average Bonchev–Trinajstić information content (AvgIpc) is 2.38. The van der Waals surface area contributed by atoms with Crippen molar-refractivity contribution in [2.75, 3.05) is 20.6 Å². The van der Waals surface area contributed by atoms with Gasteiger partial charge in [-0.25, -0.2) is 12.7 Å². The van der Waals surface area contributed by atoms with Gasteiger partial charge in [0.2, 0.25) is 10.0 Å². The van der Waals surface area contributed by atoms with E-state index in [1.54, 1.807) is 19.2 Å². The van der Waals surface area contributed by atoms with Gasteiger partial charge in [-0.05, 0) is 31.2 Å². The second-order valence-electron chi connectivity index (χ2n) is 4.46. The fourth-order valence-electron chi connectivity index (χ4n) is 1.70. The van der Waals surface area contributed by atoms with Crippen molar-refractivity contribution in [3.05, 3.63) is 28.8 Å². The van der Waals surface area contributed by atoms with Crippen LogP contribution in [0.15, 0.2) is 23.1 Å². The molecule has 0 radical (unpaired) electrons. The highest BCUT2D eigenvalue weighted by Gasteiger charge is 2.20. The van der Waals surface area contributed by atoms with E-state index in [9.17, 15) is 8.42 Å². The van der Waals surface area contributed by atoms with Crippen molar-refractivity contribution in [3.8, 4) is 0 Å². The summed E-state index contributed by atoms with van der Waals surface area (Å²) in [5.41, 5.74) is 0.888. The Morgan fingerprint density at radius 3 is 2.58 bits per heavy atom. The quantitative estimate of drug-likeness (QED) is 0.842. The zero-order chi connectivity index (χ0) is 14.5. The highest BCUT2D eigenvalue weighted by Crippen LogP contribution is 2.23. The minimum absolute atomic E-state index is 0.246. The predicted molar refractivity (Wildman–Crippen MR) is 78.9 cm³/mol. The van der Waals surface area contributed by atoms with Crippen LogP contribution < -0.4 is 5.32 Å². The highest BCUT2D eigenvalue weighted by molar-refractivity contribution is 7.89. The molecule has 0 fully saturated rings. The smallest absolute Gasteiger partial charge is 0.242 e. The summed E-state index contributed by atoms with van der Waals surface area (Å²) in [5.74, 6) is 0. The Morgan fingerprint density at radius 1 is 1.37 bits per heavy atom. The molecule has 0 aliphatic rings. The second-order valence-corrected chi connectivity index (χ2v) is 6.92. The molecule has 0 saturated heterocycles. The van der Waals surface area contributed by atoms with Crippen LogP contribution in [0.4, 0.5) is 0 Å². The normalized spacial score (nSPS) is 12.1. The van der Waals surface area contributed by atoms with E-state index >= 15 is 0 Å². The summed E-state index contributed by atoms with van der Waals surface area (Å²) >= 11 is 6.10. The standard InChI is InChI=1S/C13H21ClN2O2S/c1-4-5-8-16(3)19(17,18)12-7-6-11(10-15-2)13(14)9-12/h6-7,9,15H,4-5,8,10H2,1-3H3. The third-order valence-electron chi connectivity index (χ3n) is 2.93. The van der Waals surface area contributed by atoms with E-state index in [2.05, 4.69) is 5.32 Å². The molecule has 108 valence electrons. The first-order valence-corrected chi connectivity index (χ1v) is 8.14. The SMILES string of the molecule is CCCCN(C)S(=O)(=O)c1ccc(CNC)c(Cl)c1. The van der Waals surface area contributed by atoms with Gasteiger partial charge in [0, 0.05) is 25.2 Å². The Kier molecular flexibility index (Phi) is 6.26. The Hall–Kier alpha value is -0.620. The first-order chi connectivity index (χ1) is 8.93. The van der Waals surface area contributed by atoms with E-state index in [0.29, 0.717) is 18.1 Å². The number of rotatable bonds is 7. The van der Waals surface area contributed by atoms with Crippen molar-refractivity contribution < 1.29 is 8.42 Å². The van der Waals surface area contributed by atoms with Crippen LogP contribution in [0.5, 0.6) is 0 Å². The maximum absolute atomic E-state index is 12.3. The number of nitrogens with zero attached hydrogens (tertiary/aromatic N) is 1. The summed E-state index contributed by atoms with van der Waals surface area (Å²) in [6.45, 7) is 3.17. The Labute approximate surface area is 120 Å². The van der Waals surface area contributed by atoms with Gasteiger partial charge in [0.1, 0.15) is 0 Å². The predicted octanol–water partition coefficient (Wildman–Crippen LogP) is 2.48. The average molecular weight is 305 g/mol. The molecular formula is C13H21ClN2O2S. The first kappa shape index (κ1) is 16.4. The summed E-state index contributed by atoms with van der Waals surface area (Å²) in [6, 6.07) is 4.88. The molecule has 1 rings (SSSR count). The number of unbranched alkanes of at least 4 members (excludes halogenated alkanes) is 1. The largest absolute Gasteiger partial charge is 0.316 e. The molecule has 0 saturated carbocycles. The van der Waals surface area contributed by atoms with Gasteiger partial charge in [-0.3, -0.25) is 0 Å². The Bertz CT molecular complexity index is 517. The maximum Gasteiger partial charge on any atom is 0.242 e. The molecule has 1 aromatic carbocycles. The monoisotopic (exact) mass is 304 g/mol. The number of benzene rings is 1. The van der Waals surface area contributed by atoms with Gasteiger partial charge in [-0.1, -0.05) is 31.0 Å². The molecule has 0 aromatic heterocycles. The molecule has 19 heavy (non-hydrogen) atoms. The molecule has 0 amide bonds. The van der Waals surface area contributed by atoms with Crippen LogP contribution in [0.2, 0.25) is 5.02 Å². The van der Waals surface area contributed by atoms with Crippen molar-refractivity contribution in [3.63, 3.8) is 0 Å². The van der Waals surface area contributed by atoms with Crippen LogP contribution in [0.3, 0.4) is 0 Å². The summed E-state index contributed by atoms with van der Waals surface area (Å²) in [4.78, 5) is 0.246. The van der Waals surface area contributed by atoms with E-state index < -0.39 is 10.0 Å². The minimum atomic E-state index is -3.44. The van der Waals surface area contributed by atoms with E-state index in [4.69, 9.17) is 11.6 Å². The van der Waals surface area contributed by atoms with E-state index in [-0.39, 0.29) is 4.90 Å². The number of nitrogens with one attached hydrogen (secondary N) is 1. The molecule has 1 aromatic rings. The van der Waals surface area contributed by atoms with Crippen LogP contribution >= 0.6 is 11.6 Å². The van der Waals surface area contributed by atoms with Gasteiger partial charge in [0.15, 0.2) is 0 Å². The summed E-state index contributed by atoms with van der Waals surface area (Å²) < 4.78 is 26.0. The Balaban J connectivity index is 2.99. The van der Waals surface area contributed by atoms with Crippen molar-refractivity contribution >= 4 is 21.6 Å². The first-order valence-electron chi connectivity index (χ1n) is 6.32. The van der Waals surface area contributed by atoms with Crippen molar-refractivity contribution in [2.45, 2.75) is 31.2 Å². The molecule has 0 aliphatic heterocycles. The van der Waals surface area contributed by atoms with Crippen molar-refractivity contribution in [1.82, 2.24) is 9.62 Å². The van der Waals surface area contributed by atoms with Gasteiger partial charge in [0.05, 0.1) is 4.90 Å². The van der Waals surface area contributed by atoms with Gasteiger partial charge in [-0.2, -0.15) is 0 Å². The summed E-state index contributed by atoms with van der Waals surface area (Å²) in [6.07, 6.45) is 1.81. The lowest BCUT2D eigenvalue weighted by atomic mass is 10.2. The molecule has 0 unspecified atom stereocenters. The molecule has 0 bridgehead atoms. The third kappa shape index (κ3) is 4.18. The molecule has 0 atom stereocenters. The maximum atomic E-state index is 12.3. The fourth-order valence-corrected chi connectivity index (χ4v) is 3.25. The molecule has 4 nitrogen and oxygen atoms in total. The van der Waals surface area contributed by atoms with Gasteiger partial charge < -0.3 is 5.32 Å². The zero-order valence-corrected chi connectivity index (χ0v) is 13.2. The number of halogens is 1. The van der Waals surface area contributed by atoms with E-state index in [1.165, 1.54) is 10.4 Å². The molecule has 0 spiro atoms. The number of hydrogen-bond acceptors (Lipinski definition) is 3. The van der Waals surface area contributed by atoms with E-state index in [1.807, 2.05) is 14.0 Å². The molecule has 0 heterocycles. The fraction of sp³-hybridized carbons (Fsp3) is 0.538. The zero-order valence-electron chi connectivity index (χ0n) is 11.6. The van der Waals surface area contributed by atoms with Gasteiger partial charge in [0.25, 0.3) is 0 Å².